The summed E-state index contributed by atoms with van der Waals surface area (Å²) >= 11 is 1.38. The number of hydrogen-bond acceptors (Lipinski definition) is 5. The van der Waals surface area contributed by atoms with Crippen LogP contribution < -0.4 is 5.73 Å². The number of carbonyl (C=O) groups is 2. The van der Waals surface area contributed by atoms with Gasteiger partial charge in [0.2, 0.25) is 5.91 Å². The van der Waals surface area contributed by atoms with Gasteiger partial charge in [0.1, 0.15) is 9.88 Å². The number of carbonyl (C=O) groups excluding carboxylic acids is 2. The lowest BCUT2D eigenvalue weighted by molar-refractivity contribution is -0.119. The molecule has 122 valence electrons. The molecule has 3 heterocycles. The highest BCUT2D eigenvalue weighted by molar-refractivity contribution is 7.16. The molecule has 1 aliphatic heterocycles. The zero-order valence-corrected chi connectivity index (χ0v) is 13.8. The topological polar surface area (TPSA) is 94.1 Å². The van der Waals surface area contributed by atoms with E-state index in [0.717, 1.165) is 23.4 Å². The van der Waals surface area contributed by atoms with E-state index in [1.54, 1.807) is 17.1 Å². The third-order valence-corrected chi connectivity index (χ3v) is 5.09. The first kappa shape index (κ1) is 15.7. The fraction of sp³-hybridized carbons (Fsp3) is 0.467. The van der Waals surface area contributed by atoms with Gasteiger partial charge >= 0.3 is 0 Å². The molecule has 2 amide bonds. The van der Waals surface area contributed by atoms with Gasteiger partial charge in [-0.05, 0) is 18.8 Å². The lowest BCUT2D eigenvalue weighted by Gasteiger charge is -2.31. The second-order valence-electron chi connectivity index (χ2n) is 5.84. The molecule has 0 spiro atoms. The first-order chi connectivity index (χ1) is 11.0. The maximum absolute atomic E-state index is 12.6. The molecule has 1 fully saturated rings. The van der Waals surface area contributed by atoms with E-state index < -0.39 is 0 Å². The van der Waals surface area contributed by atoms with E-state index in [4.69, 9.17) is 5.73 Å². The predicted octanol–water partition coefficient (Wildman–Crippen LogP) is 1.27. The number of nitrogens with two attached hydrogens (primary N) is 1. The molecule has 2 aromatic rings. The van der Waals surface area contributed by atoms with Crippen molar-refractivity contribution in [2.24, 2.45) is 18.7 Å². The molecule has 0 saturated carbocycles. The first-order valence-corrected chi connectivity index (χ1v) is 8.37. The van der Waals surface area contributed by atoms with Crippen LogP contribution in [0.5, 0.6) is 0 Å². The number of primary amides is 1. The third-order valence-electron chi connectivity index (χ3n) is 4.06. The molecule has 7 nitrogen and oxygen atoms in total. The molecule has 0 radical (unpaired) electrons. The number of likely N-dealkylation sites (tertiary alicyclic amines) is 1. The second-order valence-corrected chi connectivity index (χ2v) is 6.87. The van der Waals surface area contributed by atoms with E-state index in [0.29, 0.717) is 30.3 Å². The summed E-state index contributed by atoms with van der Waals surface area (Å²) in [5.74, 6) is 0.0393. The first-order valence-electron chi connectivity index (χ1n) is 7.55. The average molecular weight is 333 g/mol. The molecule has 1 aliphatic rings. The van der Waals surface area contributed by atoms with E-state index >= 15 is 0 Å². The number of rotatable bonds is 4. The Morgan fingerprint density at radius 3 is 2.70 bits per heavy atom. The minimum atomic E-state index is -0.265. The smallest absolute Gasteiger partial charge is 0.265 e. The molecule has 2 N–H and O–H groups in total. The molecule has 0 bridgehead atoms. The molecule has 0 aromatic carbocycles. The molecular formula is C15H19N5O2S. The van der Waals surface area contributed by atoms with E-state index in [2.05, 4.69) is 10.1 Å². The van der Waals surface area contributed by atoms with Crippen molar-refractivity contribution in [3.63, 3.8) is 0 Å². The van der Waals surface area contributed by atoms with E-state index in [1.165, 1.54) is 11.3 Å². The van der Waals surface area contributed by atoms with Crippen molar-refractivity contribution in [2.75, 3.05) is 13.1 Å². The number of aromatic nitrogens is 3. The molecule has 2 aromatic heterocycles. The van der Waals surface area contributed by atoms with E-state index in [-0.39, 0.29) is 11.8 Å². The summed E-state index contributed by atoms with van der Waals surface area (Å²) in [4.78, 5) is 30.3. The Morgan fingerprint density at radius 2 is 2.09 bits per heavy atom. The van der Waals surface area contributed by atoms with Gasteiger partial charge in [-0.3, -0.25) is 14.3 Å². The number of nitrogens with zero attached hydrogens (tertiary/aromatic N) is 4. The van der Waals surface area contributed by atoms with Crippen LogP contribution in [0.1, 0.15) is 28.9 Å². The van der Waals surface area contributed by atoms with Gasteiger partial charge in [0.25, 0.3) is 5.91 Å². The van der Waals surface area contributed by atoms with Gasteiger partial charge in [0.15, 0.2) is 0 Å². The Morgan fingerprint density at radius 1 is 1.35 bits per heavy atom. The van der Waals surface area contributed by atoms with Crippen LogP contribution in [0.2, 0.25) is 0 Å². The summed E-state index contributed by atoms with van der Waals surface area (Å²) in [6, 6.07) is 0. The highest BCUT2D eigenvalue weighted by Crippen LogP contribution is 2.27. The number of piperidine rings is 1. The molecule has 3 rings (SSSR count). The zero-order chi connectivity index (χ0) is 16.4. The molecular weight excluding hydrogens is 314 g/mol. The standard InChI is InChI=1S/C15H19N5O2S/c1-19-9-11(7-18-19)14-17-8-12(23-14)15(22)20-4-2-10(3-5-20)6-13(16)21/h7-10H,2-6H2,1H3,(H2,16,21). The Balaban J connectivity index is 1.63. The Kier molecular flexibility index (Phi) is 4.42. The van der Waals surface area contributed by atoms with Crippen molar-refractivity contribution >= 4 is 23.2 Å². The molecule has 8 heteroatoms. The van der Waals surface area contributed by atoms with Crippen LogP contribution in [0.4, 0.5) is 0 Å². The van der Waals surface area contributed by atoms with Crippen molar-refractivity contribution < 1.29 is 9.59 Å². The molecule has 0 atom stereocenters. The van der Waals surface area contributed by atoms with Gasteiger partial charge < -0.3 is 10.6 Å². The lowest BCUT2D eigenvalue weighted by atomic mass is 9.93. The predicted molar refractivity (Wildman–Crippen MR) is 86.8 cm³/mol. The van der Waals surface area contributed by atoms with Crippen molar-refractivity contribution in [1.82, 2.24) is 19.7 Å². The maximum Gasteiger partial charge on any atom is 0.265 e. The summed E-state index contributed by atoms with van der Waals surface area (Å²) < 4.78 is 1.71. The second kappa shape index (κ2) is 6.49. The summed E-state index contributed by atoms with van der Waals surface area (Å²) in [6.07, 6.45) is 7.30. The van der Waals surface area contributed by atoms with Crippen LogP contribution in [-0.4, -0.2) is 44.6 Å². The quantitative estimate of drug-likeness (QED) is 0.911. The summed E-state index contributed by atoms with van der Waals surface area (Å²) in [5.41, 5.74) is 6.15. The average Bonchev–Trinajstić information content (AvgIpc) is 3.15. The van der Waals surface area contributed by atoms with Gasteiger partial charge in [0, 0.05) is 38.3 Å². The van der Waals surface area contributed by atoms with Crippen LogP contribution >= 0.6 is 11.3 Å². The van der Waals surface area contributed by atoms with Crippen molar-refractivity contribution in [3.8, 4) is 10.6 Å². The minimum Gasteiger partial charge on any atom is -0.370 e. The van der Waals surface area contributed by atoms with Crippen LogP contribution in [0.25, 0.3) is 10.6 Å². The maximum atomic E-state index is 12.6. The summed E-state index contributed by atoms with van der Waals surface area (Å²) in [5, 5.41) is 4.92. The highest BCUT2D eigenvalue weighted by Gasteiger charge is 2.25. The Hall–Kier alpha value is -2.22. The number of thiazole rings is 1. The number of amides is 2. The van der Waals surface area contributed by atoms with E-state index in [1.807, 2.05) is 18.1 Å². The fourth-order valence-corrected chi connectivity index (χ4v) is 3.68. The van der Waals surface area contributed by atoms with Crippen LogP contribution in [0.3, 0.4) is 0 Å². The van der Waals surface area contributed by atoms with Gasteiger partial charge in [0.05, 0.1) is 12.4 Å². The van der Waals surface area contributed by atoms with Crippen LogP contribution in [0.15, 0.2) is 18.6 Å². The third kappa shape index (κ3) is 3.58. The Labute approximate surface area is 138 Å². The van der Waals surface area contributed by atoms with Crippen molar-refractivity contribution in [3.05, 3.63) is 23.5 Å². The lowest BCUT2D eigenvalue weighted by Crippen LogP contribution is -2.39. The summed E-state index contributed by atoms with van der Waals surface area (Å²) in [6.45, 7) is 1.33. The zero-order valence-electron chi connectivity index (χ0n) is 12.9. The van der Waals surface area contributed by atoms with E-state index in [9.17, 15) is 9.59 Å². The molecule has 0 aliphatic carbocycles. The molecule has 0 unspecified atom stereocenters. The normalized spacial score (nSPS) is 15.8. The highest BCUT2D eigenvalue weighted by atomic mass is 32.1. The Bertz CT molecular complexity index is 715. The molecule has 23 heavy (non-hydrogen) atoms. The van der Waals surface area contributed by atoms with Gasteiger partial charge in [-0.1, -0.05) is 0 Å². The van der Waals surface area contributed by atoms with Gasteiger partial charge in [-0.25, -0.2) is 4.98 Å². The number of aryl methyl sites for hydroxylation is 1. The molecule has 1 saturated heterocycles. The van der Waals surface area contributed by atoms with Crippen LogP contribution in [0, 0.1) is 5.92 Å². The fourth-order valence-electron chi connectivity index (χ4n) is 2.82. The number of hydrogen-bond donors (Lipinski definition) is 1. The van der Waals surface area contributed by atoms with Crippen LogP contribution in [-0.2, 0) is 11.8 Å². The van der Waals surface area contributed by atoms with Gasteiger partial charge in [-0.15, -0.1) is 11.3 Å². The largest absolute Gasteiger partial charge is 0.370 e. The summed E-state index contributed by atoms with van der Waals surface area (Å²) in [7, 11) is 1.85. The minimum absolute atomic E-state index is 0.00941. The monoisotopic (exact) mass is 333 g/mol. The van der Waals surface area contributed by atoms with Gasteiger partial charge in [-0.2, -0.15) is 5.10 Å². The van der Waals surface area contributed by atoms with Crippen molar-refractivity contribution in [1.29, 1.82) is 0 Å². The SMILES string of the molecule is Cn1cc(-c2ncc(C(=O)N3CCC(CC(N)=O)CC3)s2)cn1. The van der Waals surface area contributed by atoms with Crippen molar-refractivity contribution in [2.45, 2.75) is 19.3 Å².